The van der Waals surface area contributed by atoms with Gasteiger partial charge in [-0.05, 0) is 42.5 Å². The van der Waals surface area contributed by atoms with Gasteiger partial charge in [-0.1, -0.05) is 0 Å². The van der Waals surface area contributed by atoms with E-state index in [-0.39, 0.29) is 24.0 Å². The minimum absolute atomic E-state index is 0.0470. The lowest BCUT2D eigenvalue weighted by molar-refractivity contribution is -0.137. The van der Waals surface area contributed by atoms with E-state index in [1.54, 1.807) is 0 Å². The molecular formula is C19H17F3N6O2. The average Bonchev–Trinajstić information content (AvgIpc) is 3.43. The van der Waals surface area contributed by atoms with Crippen LogP contribution in [0.1, 0.15) is 40.2 Å². The van der Waals surface area contributed by atoms with Gasteiger partial charge in [-0.15, -0.1) is 0 Å². The van der Waals surface area contributed by atoms with Crippen molar-refractivity contribution in [2.75, 3.05) is 18.9 Å². The molecule has 2 heterocycles. The summed E-state index contributed by atoms with van der Waals surface area (Å²) in [6.45, 7) is -0.311. The zero-order valence-electron chi connectivity index (χ0n) is 15.8. The number of fused-ring (bicyclic) bond motifs is 1. The number of carbonyl (C=O) groups excluding carboxylic acids is 2. The summed E-state index contributed by atoms with van der Waals surface area (Å²) < 4.78 is 39.1. The molecule has 4 rings (SSSR count). The Morgan fingerprint density at radius 2 is 2.03 bits per heavy atom. The highest BCUT2D eigenvalue weighted by molar-refractivity contribution is 6.00. The smallest absolute Gasteiger partial charge is 0.332 e. The summed E-state index contributed by atoms with van der Waals surface area (Å²) in [6, 6.07) is 3.11. The number of benzene rings is 1. The maximum Gasteiger partial charge on any atom is 0.416 e. The highest BCUT2D eigenvalue weighted by Gasteiger charge is 2.35. The van der Waals surface area contributed by atoms with Crippen LogP contribution in [0.15, 0.2) is 30.6 Å². The third kappa shape index (κ3) is 4.09. The molecule has 2 N–H and O–H groups in total. The normalized spacial score (nSPS) is 14.0. The summed E-state index contributed by atoms with van der Waals surface area (Å²) >= 11 is 0. The quantitative estimate of drug-likeness (QED) is 0.663. The Balaban J connectivity index is 1.47. The third-order valence-corrected chi connectivity index (χ3v) is 4.80. The van der Waals surface area contributed by atoms with Gasteiger partial charge in [-0.3, -0.25) is 20.0 Å². The Morgan fingerprint density at radius 1 is 1.27 bits per heavy atom. The van der Waals surface area contributed by atoms with Crippen LogP contribution in [-0.4, -0.2) is 50.5 Å². The maximum atomic E-state index is 13.0. The van der Waals surface area contributed by atoms with Crippen molar-refractivity contribution in [3.8, 4) is 0 Å². The van der Waals surface area contributed by atoms with Crippen LogP contribution in [0.5, 0.6) is 0 Å². The minimum atomic E-state index is -4.48. The molecule has 3 aromatic rings. The number of likely N-dealkylation sites (N-methyl/N-ethyl adjacent to an activating group) is 1. The largest absolute Gasteiger partial charge is 0.416 e. The first-order valence-electron chi connectivity index (χ1n) is 9.15. The molecule has 2 amide bonds. The molecule has 0 aliphatic heterocycles. The number of nitrogens with zero attached hydrogens (tertiary/aromatic N) is 4. The van der Waals surface area contributed by atoms with Crippen LogP contribution >= 0.6 is 0 Å². The number of aromatic amines is 1. The molecule has 0 atom stereocenters. The van der Waals surface area contributed by atoms with Crippen LogP contribution in [0.4, 0.5) is 19.1 Å². The van der Waals surface area contributed by atoms with E-state index in [0.29, 0.717) is 16.6 Å². The lowest BCUT2D eigenvalue weighted by Crippen LogP contribution is -2.35. The van der Waals surface area contributed by atoms with E-state index in [2.05, 4.69) is 25.5 Å². The molecule has 0 saturated heterocycles. The van der Waals surface area contributed by atoms with Crippen LogP contribution < -0.4 is 5.32 Å². The molecule has 1 aliphatic carbocycles. The highest BCUT2D eigenvalue weighted by Crippen LogP contribution is 2.43. The average molecular weight is 418 g/mol. The Labute approximate surface area is 168 Å². The van der Waals surface area contributed by atoms with Gasteiger partial charge in [0.1, 0.15) is 0 Å². The van der Waals surface area contributed by atoms with Gasteiger partial charge in [0, 0.05) is 18.8 Å². The van der Waals surface area contributed by atoms with Crippen molar-refractivity contribution in [2.45, 2.75) is 24.9 Å². The molecule has 1 aromatic carbocycles. The van der Waals surface area contributed by atoms with E-state index in [1.807, 2.05) is 0 Å². The van der Waals surface area contributed by atoms with Crippen LogP contribution in [0, 0.1) is 0 Å². The molecule has 0 unspecified atom stereocenters. The van der Waals surface area contributed by atoms with Crippen molar-refractivity contribution in [3.63, 3.8) is 0 Å². The zero-order valence-corrected chi connectivity index (χ0v) is 15.8. The van der Waals surface area contributed by atoms with Gasteiger partial charge in [0.05, 0.1) is 23.7 Å². The van der Waals surface area contributed by atoms with Gasteiger partial charge >= 0.3 is 6.18 Å². The van der Waals surface area contributed by atoms with E-state index in [0.717, 1.165) is 29.9 Å². The molecule has 2 aromatic heterocycles. The van der Waals surface area contributed by atoms with Gasteiger partial charge in [0.25, 0.3) is 5.91 Å². The number of alkyl halides is 3. The SMILES string of the molecule is CN(CC(=O)Nc1ncc2cn[nH]c2n1)C(=O)c1ccc(C(F)(F)F)cc1C1CC1. The lowest BCUT2D eigenvalue weighted by Gasteiger charge is -2.19. The summed E-state index contributed by atoms with van der Waals surface area (Å²) in [6.07, 6.45) is 0.0144. The van der Waals surface area contributed by atoms with Crippen molar-refractivity contribution >= 4 is 28.8 Å². The lowest BCUT2D eigenvalue weighted by atomic mass is 9.99. The number of halogens is 3. The summed E-state index contributed by atoms with van der Waals surface area (Å²) in [7, 11) is 1.41. The number of amides is 2. The third-order valence-electron chi connectivity index (χ3n) is 4.80. The number of hydrogen-bond donors (Lipinski definition) is 2. The molecule has 0 spiro atoms. The summed E-state index contributed by atoms with van der Waals surface area (Å²) in [5.74, 6) is -1.08. The van der Waals surface area contributed by atoms with Gasteiger partial charge in [-0.2, -0.15) is 23.3 Å². The fourth-order valence-electron chi connectivity index (χ4n) is 3.12. The number of hydrogen-bond acceptors (Lipinski definition) is 5. The molecular weight excluding hydrogens is 401 g/mol. The molecule has 156 valence electrons. The van der Waals surface area contributed by atoms with E-state index < -0.39 is 23.6 Å². The van der Waals surface area contributed by atoms with E-state index >= 15 is 0 Å². The standard InChI is InChI=1S/C19H17F3N6O2/c1-28(9-15(29)25-18-23-7-11-8-24-27-16(11)26-18)17(30)13-5-4-12(19(20,21)22)6-14(13)10-2-3-10/h4-8,10H,2-3,9H2,1H3,(H2,23,24,25,26,27,29). The van der Waals surface area contributed by atoms with Crippen molar-refractivity contribution in [1.29, 1.82) is 0 Å². The topological polar surface area (TPSA) is 104 Å². The van der Waals surface area contributed by atoms with Gasteiger partial charge < -0.3 is 4.90 Å². The molecule has 0 radical (unpaired) electrons. The van der Waals surface area contributed by atoms with Crippen LogP contribution in [0.3, 0.4) is 0 Å². The van der Waals surface area contributed by atoms with Crippen LogP contribution in [0.25, 0.3) is 11.0 Å². The van der Waals surface area contributed by atoms with Crippen molar-refractivity contribution in [1.82, 2.24) is 25.1 Å². The number of carbonyl (C=O) groups is 2. The van der Waals surface area contributed by atoms with Crippen molar-refractivity contribution in [3.05, 3.63) is 47.3 Å². The molecule has 1 saturated carbocycles. The Hall–Kier alpha value is -3.50. The van der Waals surface area contributed by atoms with E-state index in [1.165, 1.54) is 25.5 Å². The first-order valence-corrected chi connectivity index (χ1v) is 9.15. The van der Waals surface area contributed by atoms with Gasteiger partial charge in [-0.25, -0.2) is 4.98 Å². The monoisotopic (exact) mass is 418 g/mol. The molecule has 8 nitrogen and oxygen atoms in total. The summed E-state index contributed by atoms with van der Waals surface area (Å²) in [4.78, 5) is 34.3. The Kier molecular flexibility index (Phi) is 4.88. The maximum absolute atomic E-state index is 13.0. The Bertz CT molecular complexity index is 1120. The van der Waals surface area contributed by atoms with Crippen LogP contribution in [-0.2, 0) is 11.0 Å². The predicted molar refractivity (Wildman–Crippen MR) is 101 cm³/mol. The first kappa shape index (κ1) is 19.8. The van der Waals surface area contributed by atoms with Crippen molar-refractivity contribution in [2.24, 2.45) is 0 Å². The van der Waals surface area contributed by atoms with Gasteiger partial charge in [0.2, 0.25) is 11.9 Å². The van der Waals surface area contributed by atoms with E-state index in [9.17, 15) is 22.8 Å². The fourth-order valence-corrected chi connectivity index (χ4v) is 3.12. The van der Waals surface area contributed by atoms with Crippen molar-refractivity contribution < 1.29 is 22.8 Å². The minimum Gasteiger partial charge on any atom is -0.332 e. The molecule has 1 fully saturated rings. The first-order chi connectivity index (χ1) is 14.2. The Morgan fingerprint density at radius 3 is 2.73 bits per heavy atom. The van der Waals surface area contributed by atoms with Crippen LogP contribution in [0.2, 0.25) is 0 Å². The van der Waals surface area contributed by atoms with E-state index in [4.69, 9.17) is 0 Å². The molecule has 30 heavy (non-hydrogen) atoms. The zero-order chi connectivity index (χ0) is 21.5. The molecule has 11 heteroatoms. The summed E-state index contributed by atoms with van der Waals surface area (Å²) in [5, 5.41) is 9.63. The molecule has 1 aliphatic rings. The second-order valence-corrected chi connectivity index (χ2v) is 7.15. The number of rotatable bonds is 5. The number of nitrogens with one attached hydrogen (secondary N) is 2. The second-order valence-electron chi connectivity index (χ2n) is 7.15. The number of anilines is 1. The molecule has 0 bridgehead atoms. The highest BCUT2D eigenvalue weighted by atomic mass is 19.4. The predicted octanol–water partition coefficient (Wildman–Crippen LogP) is 2.96. The second kappa shape index (κ2) is 7.39. The summed E-state index contributed by atoms with van der Waals surface area (Å²) in [5.41, 5.74) is 0.210. The number of H-pyrrole nitrogens is 1. The number of aromatic nitrogens is 4. The van der Waals surface area contributed by atoms with Gasteiger partial charge in [0.15, 0.2) is 5.65 Å². The fraction of sp³-hybridized carbons (Fsp3) is 0.316.